The van der Waals surface area contributed by atoms with Crippen molar-refractivity contribution >= 4 is 22.8 Å². The van der Waals surface area contributed by atoms with Crippen LogP contribution in [-0.4, -0.2) is 75.1 Å². The van der Waals surface area contributed by atoms with E-state index in [1.54, 1.807) is 0 Å². The maximum Gasteiger partial charge on any atom is 0.410 e. The SMILES string of the molecule is CCn1ncc2c(NC3CCOCC3)c(CN3CCC4(CC3)CN(Cc3ccccc3)C(=O)O4)c(C)nc21. The van der Waals surface area contributed by atoms with Gasteiger partial charge in [0.15, 0.2) is 5.65 Å². The molecule has 3 aromatic rings. The molecule has 9 heteroatoms. The molecular formula is C29H38N6O3. The first-order valence-corrected chi connectivity index (χ1v) is 14.0. The molecule has 3 aliphatic rings. The number of fused-ring (bicyclic) bond motifs is 1. The van der Waals surface area contributed by atoms with Gasteiger partial charge in [-0.25, -0.2) is 14.5 Å². The number of piperidine rings is 1. The topological polar surface area (TPSA) is 84.8 Å². The largest absolute Gasteiger partial charge is 0.441 e. The summed E-state index contributed by atoms with van der Waals surface area (Å²) in [5.74, 6) is 0. The third-order valence-corrected chi connectivity index (χ3v) is 8.37. The Kier molecular flexibility index (Phi) is 6.97. The highest BCUT2D eigenvalue weighted by molar-refractivity contribution is 5.91. The van der Waals surface area contributed by atoms with Gasteiger partial charge in [0.1, 0.15) is 5.60 Å². The molecule has 1 aromatic carbocycles. The van der Waals surface area contributed by atoms with Crippen molar-refractivity contribution in [2.24, 2.45) is 0 Å². The first kappa shape index (κ1) is 25.1. The molecule has 9 nitrogen and oxygen atoms in total. The molecule has 3 aliphatic heterocycles. The van der Waals surface area contributed by atoms with Crippen molar-refractivity contribution in [3.63, 3.8) is 0 Å². The number of likely N-dealkylation sites (tertiary alicyclic amines) is 1. The maximum atomic E-state index is 12.7. The Hall–Kier alpha value is -3.17. The summed E-state index contributed by atoms with van der Waals surface area (Å²) in [7, 11) is 0. The maximum absolute atomic E-state index is 12.7. The fraction of sp³-hybridized carbons (Fsp3) is 0.552. The van der Waals surface area contributed by atoms with E-state index in [4.69, 9.17) is 14.5 Å². The molecule has 1 amide bonds. The minimum absolute atomic E-state index is 0.191. The molecule has 0 atom stereocenters. The van der Waals surface area contributed by atoms with Crippen molar-refractivity contribution in [2.75, 3.05) is 38.2 Å². The average Bonchev–Trinajstić information content (AvgIpc) is 3.48. The summed E-state index contributed by atoms with van der Waals surface area (Å²) in [6.45, 7) is 10.4. The van der Waals surface area contributed by atoms with Crippen LogP contribution in [0.25, 0.3) is 11.0 Å². The van der Waals surface area contributed by atoms with Crippen molar-refractivity contribution in [2.45, 2.75) is 70.8 Å². The minimum atomic E-state index is -0.384. The van der Waals surface area contributed by atoms with Gasteiger partial charge in [0.2, 0.25) is 0 Å². The Morgan fingerprint density at radius 2 is 1.87 bits per heavy atom. The number of nitrogens with one attached hydrogen (secondary N) is 1. The number of aryl methyl sites for hydroxylation is 2. The number of anilines is 1. The lowest BCUT2D eigenvalue weighted by atomic mass is 9.90. The first-order valence-electron chi connectivity index (χ1n) is 14.0. The molecule has 0 radical (unpaired) electrons. The number of rotatable bonds is 7. The second-order valence-electron chi connectivity index (χ2n) is 10.9. The molecule has 0 saturated carbocycles. The molecule has 38 heavy (non-hydrogen) atoms. The van der Waals surface area contributed by atoms with Gasteiger partial charge in [-0.05, 0) is 32.3 Å². The van der Waals surface area contributed by atoms with Gasteiger partial charge in [0.25, 0.3) is 0 Å². The summed E-state index contributed by atoms with van der Waals surface area (Å²) < 4.78 is 13.6. The summed E-state index contributed by atoms with van der Waals surface area (Å²) in [6.07, 6.45) is 5.46. The van der Waals surface area contributed by atoms with Crippen LogP contribution in [0.2, 0.25) is 0 Å². The van der Waals surface area contributed by atoms with Gasteiger partial charge in [0, 0.05) is 76.1 Å². The van der Waals surface area contributed by atoms with Crippen molar-refractivity contribution in [3.8, 4) is 0 Å². The second kappa shape index (κ2) is 10.5. The molecule has 3 saturated heterocycles. The fourth-order valence-electron chi connectivity index (χ4n) is 6.10. The molecular weight excluding hydrogens is 480 g/mol. The van der Waals surface area contributed by atoms with Gasteiger partial charge in [-0.2, -0.15) is 5.10 Å². The van der Waals surface area contributed by atoms with E-state index in [0.29, 0.717) is 19.1 Å². The van der Waals surface area contributed by atoms with Crippen molar-refractivity contribution in [1.29, 1.82) is 0 Å². The Labute approximate surface area is 224 Å². The molecule has 6 rings (SSSR count). The van der Waals surface area contributed by atoms with Gasteiger partial charge in [0.05, 0.1) is 23.8 Å². The van der Waals surface area contributed by atoms with E-state index in [9.17, 15) is 4.79 Å². The van der Waals surface area contributed by atoms with E-state index in [1.165, 1.54) is 11.3 Å². The number of carbonyl (C=O) groups is 1. The third kappa shape index (κ3) is 4.97. The van der Waals surface area contributed by atoms with E-state index < -0.39 is 0 Å². The molecule has 2 aromatic heterocycles. The van der Waals surface area contributed by atoms with E-state index >= 15 is 0 Å². The minimum Gasteiger partial charge on any atom is -0.441 e. The Balaban J connectivity index is 1.17. The Morgan fingerprint density at radius 3 is 2.61 bits per heavy atom. The number of aromatic nitrogens is 3. The number of pyridine rings is 1. The zero-order valence-corrected chi connectivity index (χ0v) is 22.5. The summed E-state index contributed by atoms with van der Waals surface area (Å²) >= 11 is 0. The van der Waals surface area contributed by atoms with Gasteiger partial charge < -0.3 is 14.8 Å². The number of carbonyl (C=O) groups excluding carboxylic acids is 1. The van der Waals surface area contributed by atoms with Gasteiger partial charge in [-0.1, -0.05) is 30.3 Å². The molecule has 0 aliphatic carbocycles. The van der Waals surface area contributed by atoms with E-state index in [1.807, 2.05) is 34.0 Å². The van der Waals surface area contributed by atoms with Crippen LogP contribution in [0.4, 0.5) is 10.5 Å². The van der Waals surface area contributed by atoms with Gasteiger partial charge in [-0.3, -0.25) is 9.80 Å². The number of ether oxygens (including phenoxy) is 2. The van der Waals surface area contributed by atoms with Crippen molar-refractivity contribution < 1.29 is 14.3 Å². The number of benzene rings is 1. The molecule has 1 N–H and O–H groups in total. The van der Waals surface area contributed by atoms with Crippen LogP contribution in [-0.2, 0) is 29.1 Å². The van der Waals surface area contributed by atoms with Crippen LogP contribution in [0.5, 0.6) is 0 Å². The standard InChI is InChI=1S/C29H38N6O3/c1-3-35-27-24(17-30-35)26(32-23-9-15-37-16-10-23)25(21(2)31-27)19-33-13-11-29(12-14-33)20-34(28(36)38-29)18-22-7-5-4-6-8-22/h4-8,17,23H,3,9-16,18-20H2,1-2H3,(H,31,32). The molecule has 1 spiro atoms. The number of hydrogen-bond acceptors (Lipinski definition) is 7. The first-order chi connectivity index (χ1) is 18.5. The second-order valence-corrected chi connectivity index (χ2v) is 10.9. The number of hydrogen-bond donors (Lipinski definition) is 1. The highest BCUT2D eigenvalue weighted by Gasteiger charge is 2.47. The highest BCUT2D eigenvalue weighted by Crippen LogP contribution is 2.36. The Bertz CT molecular complexity index is 1280. The molecule has 0 bridgehead atoms. The molecule has 202 valence electrons. The predicted octanol–water partition coefficient (Wildman–Crippen LogP) is 4.34. The van der Waals surface area contributed by atoms with Crippen LogP contribution in [0, 0.1) is 6.92 Å². The van der Waals surface area contributed by atoms with Crippen molar-refractivity contribution in [3.05, 3.63) is 53.3 Å². The molecule has 0 unspecified atom stereocenters. The van der Waals surface area contributed by atoms with Crippen LogP contribution in [0.15, 0.2) is 36.5 Å². The van der Waals surface area contributed by atoms with E-state index in [-0.39, 0.29) is 11.7 Å². The summed E-state index contributed by atoms with van der Waals surface area (Å²) in [5, 5.41) is 9.57. The quantitative estimate of drug-likeness (QED) is 0.498. The van der Waals surface area contributed by atoms with E-state index in [2.05, 4.69) is 41.3 Å². The lowest BCUT2D eigenvalue weighted by Crippen LogP contribution is -2.46. The van der Waals surface area contributed by atoms with Crippen LogP contribution in [0.1, 0.15) is 49.4 Å². The van der Waals surface area contributed by atoms with Crippen LogP contribution < -0.4 is 5.32 Å². The zero-order valence-electron chi connectivity index (χ0n) is 22.5. The number of nitrogens with zero attached hydrogens (tertiary/aromatic N) is 5. The molecule has 3 fully saturated rings. The zero-order chi connectivity index (χ0) is 26.1. The monoisotopic (exact) mass is 518 g/mol. The summed E-state index contributed by atoms with van der Waals surface area (Å²) in [4.78, 5) is 22.0. The predicted molar refractivity (Wildman–Crippen MR) is 146 cm³/mol. The van der Waals surface area contributed by atoms with Gasteiger partial charge in [-0.15, -0.1) is 0 Å². The third-order valence-electron chi connectivity index (χ3n) is 8.37. The summed E-state index contributed by atoms with van der Waals surface area (Å²) in [6, 6.07) is 10.5. The highest BCUT2D eigenvalue weighted by atomic mass is 16.6. The van der Waals surface area contributed by atoms with Crippen LogP contribution >= 0.6 is 0 Å². The normalized spacial score (nSPS) is 20.4. The smallest absolute Gasteiger partial charge is 0.410 e. The van der Waals surface area contributed by atoms with E-state index in [0.717, 1.165) is 87.4 Å². The van der Waals surface area contributed by atoms with Gasteiger partial charge >= 0.3 is 6.09 Å². The lowest BCUT2D eigenvalue weighted by Gasteiger charge is -2.38. The Morgan fingerprint density at radius 1 is 1.11 bits per heavy atom. The fourth-order valence-corrected chi connectivity index (χ4v) is 6.10. The van der Waals surface area contributed by atoms with Crippen molar-refractivity contribution in [1.82, 2.24) is 24.6 Å². The molecule has 5 heterocycles. The lowest BCUT2D eigenvalue weighted by molar-refractivity contribution is -0.00125. The average molecular weight is 519 g/mol. The van der Waals surface area contributed by atoms with Crippen LogP contribution in [0.3, 0.4) is 0 Å². The number of amides is 1. The summed E-state index contributed by atoms with van der Waals surface area (Å²) in [5.41, 5.74) is 5.14.